The van der Waals surface area contributed by atoms with Crippen LogP contribution < -0.4 is 5.32 Å². The van der Waals surface area contributed by atoms with Gasteiger partial charge in [-0.2, -0.15) is 0 Å². The number of hydrogen-bond donors (Lipinski definition) is 2. The highest BCUT2D eigenvalue weighted by Gasteiger charge is 2.09. The number of halogens is 1. The Bertz CT molecular complexity index is 323. The summed E-state index contributed by atoms with van der Waals surface area (Å²) in [4.78, 5) is 0. The molecule has 0 radical (unpaired) electrons. The van der Waals surface area contributed by atoms with Gasteiger partial charge in [-0.1, -0.05) is 17.7 Å². The fourth-order valence-electron chi connectivity index (χ4n) is 1.30. The first kappa shape index (κ1) is 10.4. The first-order valence-electron chi connectivity index (χ1n) is 4.20. The largest absolute Gasteiger partial charge is 0.506 e. The van der Waals surface area contributed by atoms with Gasteiger partial charge in [0.15, 0.2) is 0 Å². The quantitative estimate of drug-likeness (QED) is 0.767. The third kappa shape index (κ3) is 1.95. The fourth-order valence-corrected chi connectivity index (χ4v) is 1.57. The first-order valence-corrected chi connectivity index (χ1v) is 4.58. The van der Waals surface area contributed by atoms with Gasteiger partial charge in [0.1, 0.15) is 5.75 Å². The van der Waals surface area contributed by atoms with Crippen molar-refractivity contribution in [1.29, 1.82) is 0 Å². The van der Waals surface area contributed by atoms with Crippen LogP contribution in [0, 0.1) is 13.8 Å². The monoisotopic (exact) mass is 199 g/mol. The van der Waals surface area contributed by atoms with E-state index in [9.17, 15) is 5.11 Å². The minimum atomic E-state index is 0.194. The van der Waals surface area contributed by atoms with Gasteiger partial charge in [-0.05, 0) is 37.6 Å². The fraction of sp³-hybridized carbons (Fsp3) is 0.400. The highest BCUT2D eigenvalue weighted by molar-refractivity contribution is 6.33. The molecule has 1 aromatic rings. The zero-order valence-electron chi connectivity index (χ0n) is 8.11. The number of phenolic OH excluding ortho intramolecular Hbond substituents is 1. The maximum Gasteiger partial charge on any atom is 0.137 e. The van der Waals surface area contributed by atoms with Gasteiger partial charge < -0.3 is 10.4 Å². The van der Waals surface area contributed by atoms with Crippen LogP contribution in [-0.2, 0) is 6.54 Å². The molecular formula is C10H14ClNO. The zero-order chi connectivity index (χ0) is 10.0. The molecule has 0 aliphatic rings. The summed E-state index contributed by atoms with van der Waals surface area (Å²) in [6, 6.07) is 1.95. The number of benzene rings is 1. The molecule has 0 bridgehead atoms. The zero-order valence-corrected chi connectivity index (χ0v) is 8.87. The van der Waals surface area contributed by atoms with Crippen LogP contribution in [0.5, 0.6) is 5.75 Å². The molecule has 0 amide bonds. The van der Waals surface area contributed by atoms with Gasteiger partial charge in [0.2, 0.25) is 0 Å². The van der Waals surface area contributed by atoms with Crippen LogP contribution in [0.3, 0.4) is 0 Å². The SMILES string of the molecule is CNCc1cc(C)c(O)c(Cl)c1C. The summed E-state index contributed by atoms with van der Waals surface area (Å²) in [5, 5.41) is 13.0. The molecule has 1 aromatic carbocycles. The average molecular weight is 200 g/mol. The molecule has 2 nitrogen and oxygen atoms in total. The van der Waals surface area contributed by atoms with E-state index in [1.54, 1.807) is 0 Å². The van der Waals surface area contributed by atoms with Crippen molar-refractivity contribution in [2.45, 2.75) is 20.4 Å². The second kappa shape index (κ2) is 3.99. The topological polar surface area (TPSA) is 32.3 Å². The van der Waals surface area contributed by atoms with Crippen LogP contribution in [0.2, 0.25) is 5.02 Å². The minimum absolute atomic E-state index is 0.194. The Hall–Kier alpha value is -0.730. The molecular weight excluding hydrogens is 186 g/mol. The van der Waals surface area contributed by atoms with E-state index in [-0.39, 0.29) is 5.75 Å². The summed E-state index contributed by atoms with van der Waals surface area (Å²) >= 11 is 5.95. The molecule has 0 atom stereocenters. The molecule has 0 saturated carbocycles. The van der Waals surface area contributed by atoms with Crippen LogP contribution >= 0.6 is 11.6 Å². The standard InChI is InChI=1S/C10H14ClNO/c1-6-4-8(5-12-3)7(2)9(11)10(6)13/h4,12-13H,5H2,1-3H3. The molecule has 0 unspecified atom stereocenters. The molecule has 0 aliphatic heterocycles. The van der Waals surface area contributed by atoms with Crippen molar-refractivity contribution >= 4 is 11.6 Å². The van der Waals surface area contributed by atoms with E-state index >= 15 is 0 Å². The molecule has 2 N–H and O–H groups in total. The van der Waals surface area contributed by atoms with Crippen LogP contribution in [0.25, 0.3) is 0 Å². The number of aromatic hydroxyl groups is 1. The Balaban J connectivity index is 3.24. The van der Waals surface area contributed by atoms with Crippen LogP contribution in [0.4, 0.5) is 0 Å². The van der Waals surface area contributed by atoms with E-state index in [0.29, 0.717) is 5.02 Å². The summed E-state index contributed by atoms with van der Waals surface area (Å²) in [7, 11) is 1.88. The molecule has 1 rings (SSSR count). The second-order valence-electron chi connectivity index (χ2n) is 3.17. The van der Waals surface area contributed by atoms with E-state index in [4.69, 9.17) is 11.6 Å². The number of hydrogen-bond acceptors (Lipinski definition) is 2. The predicted octanol–water partition coefficient (Wildman–Crippen LogP) is 2.38. The Morgan fingerprint density at radius 1 is 1.46 bits per heavy atom. The van der Waals surface area contributed by atoms with Gasteiger partial charge >= 0.3 is 0 Å². The van der Waals surface area contributed by atoms with E-state index in [0.717, 1.165) is 23.2 Å². The third-order valence-corrected chi connectivity index (χ3v) is 2.61. The lowest BCUT2D eigenvalue weighted by Crippen LogP contribution is -2.07. The Morgan fingerprint density at radius 2 is 2.08 bits per heavy atom. The lowest BCUT2D eigenvalue weighted by molar-refractivity contribution is 0.470. The maximum absolute atomic E-state index is 9.53. The Kier molecular flexibility index (Phi) is 3.17. The first-order chi connectivity index (χ1) is 6.07. The van der Waals surface area contributed by atoms with E-state index in [1.165, 1.54) is 0 Å². The van der Waals surface area contributed by atoms with Crippen molar-refractivity contribution in [3.63, 3.8) is 0 Å². The number of aryl methyl sites for hydroxylation is 1. The van der Waals surface area contributed by atoms with Crippen LogP contribution in [-0.4, -0.2) is 12.2 Å². The number of nitrogens with one attached hydrogen (secondary N) is 1. The van der Waals surface area contributed by atoms with Crippen molar-refractivity contribution in [2.75, 3.05) is 7.05 Å². The molecule has 0 fully saturated rings. The van der Waals surface area contributed by atoms with Gasteiger partial charge in [0.25, 0.3) is 0 Å². The van der Waals surface area contributed by atoms with Gasteiger partial charge in [0.05, 0.1) is 5.02 Å². The smallest absolute Gasteiger partial charge is 0.137 e. The van der Waals surface area contributed by atoms with Gasteiger partial charge in [0, 0.05) is 6.54 Å². The highest BCUT2D eigenvalue weighted by atomic mass is 35.5. The van der Waals surface area contributed by atoms with E-state index in [2.05, 4.69) is 5.32 Å². The molecule has 0 spiro atoms. The summed E-state index contributed by atoms with van der Waals surface area (Å²) in [6.07, 6.45) is 0. The molecule has 0 aromatic heterocycles. The highest BCUT2D eigenvalue weighted by Crippen LogP contribution is 2.32. The van der Waals surface area contributed by atoms with E-state index < -0.39 is 0 Å². The van der Waals surface area contributed by atoms with Crippen LogP contribution in [0.15, 0.2) is 6.07 Å². The minimum Gasteiger partial charge on any atom is -0.506 e. The van der Waals surface area contributed by atoms with Crippen molar-refractivity contribution in [1.82, 2.24) is 5.32 Å². The lowest BCUT2D eigenvalue weighted by atomic mass is 10.0. The lowest BCUT2D eigenvalue weighted by Gasteiger charge is -2.10. The Labute approximate surface area is 83.5 Å². The van der Waals surface area contributed by atoms with Crippen molar-refractivity contribution in [3.8, 4) is 5.75 Å². The molecule has 0 saturated heterocycles. The van der Waals surface area contributed by atoms with Gasteiger partial charge in [-0.15, -0.1) is 0 Å². The molecule has 0 heterocycles. The summed E-state index contributed by atoms with van der Waals surface area (Å²) in [6.45, 7) is 4.53. The normalized spacial score (nSPS) is 10.5. The van der Waals surface area contributed by atoms with Crippen molar-refractivity contribution in [2.24, 2.45) is 0 Å². The van der Waals surface area contributed by atoms with Crippen LogP contribution in [0.1, 0.15) is 16.7 Å². The number of rotatable bonds is 2. The summed E-state index contributed by atoms with van der Waals surface area (Å²) < 4.78 is 0. The third-order valence-electron chi connectivity index (χ3n) is 2.15. The van der Waals surface area contributed by atoms with Gasteiger partial charge in [-0.25, -0.2) is 0 Å². The maximum atomic E-state index is 9.53. The Morgan fingerprint density at radius 3 is 2.62 bits per heavy atom. The van der Waals surface area contributed by atoms with E-state index in [1.807, 2.05) is 27.0 Å². The summed E-state index contributed by atoms with van der Waals surface area (Å²) in [5.74, 6) is 0.194. The molecule has 13 heavy (non-hydrogen) atoms. The van der Waals surface area contributed by atoms with Crippen molar-refractivity contribution in [3.05, 3.63) is 27.8 Å². The van der Waals surface area contributed by atoms with Crippen molar-refractivity contribution < 1.29 is 5.11 Å². The predicted molar refractivity (Wildman–Crippen MR) is 55.4 cm³/mol. The number of phenols is 1. The average Bonchev–Trinajstić information content (AvgIpc) is 2.11. The molecule has 0 aliphatic carbocycles. The molecule has 72 valence electrons. The second-order valence-corrected chi connectivity index (χ2v) is 3.55. The summed E-state index contributed by atoms with van der Waals surface area (Å²) in [5.41, 5.74) is 2.89. The molecule has 3 heteroatoms. The van der Waals surface area contributed by atoms with Gasteiger partial charge in [-0.3, -0.25) is 0 Å².